The quantitative estimate of drug-likeness (QED) is 0.648. The van der Waals surface area contributed by atoms with Crippen molar-refractivity contribution in [2.75, 3.05) is 5.73 Å². The first-order valence-electron chi connectivity index (χ1n) is 3.97. The first kappa shape index (κ1) is 8.49. The van der Waals surface area contributed by atoms with E-state index in [9.17, 15) is 0 Å². The summed E-state index contributed by atoms with van der Waals surface area (Å²) in [6, 6.07) is 5.82. The Kier molecular flexibility index (Phi) is 1.72. The van der Waals surface area contributed by atoms with E-state index in [1.807, 2.05) is 12.1 Å². The molecule has 0 unspecified atom stereocenters. The van der Waals surface area contributed by atoms with Gasteiger partial charge in [-0.3, -0.25) is 0 Å². The van der Waals surface area contributed by atoms with Crippen LogP contribution in [0.25, 0.3) is 21.2 Å². The lowest BCUT2D eigenvalue weighted by atomic mass is 10.2. The van der Waals surface area contributed by atoms with Crippen molar-refractivity contribution in [3.05, 3.63) is 21.2 Å². The predicted octanol–water partition coefficient (Wildman–Crippen LogP) is 3.23. The lowest BCUT2D eigenvalue weighted by Crippen LogP contribution is -1.75. The van der Waals surface area contributed by atoms with E-state index in [2.05, 4.69) is 33.6 Å². The molecular formula is C9H5IN2OS. The minimum Gasteiger partial charge on any atom is -0.441 e. The van der Waals surface area contributed by atoms with Crippen molar-refractivity contribution < 1.29 is 4.42 Å². The fourth-order valence-corrected chi connectivity index (χ4v) is 3.15. The average molecular weight is 316 g/mol. The summed E-state index contributed by atoms with van der Waals surface area (Å²) < 4.78 is 7.53. The van der Waals surface area contributed by atoms with Crippen molar-refractivity contribution >= 4 is 61.0 Å². The lowest BCUT2D eigenvalue weighted by Gasteiger charge is -1.87. The number of furan rings is 1. The van der Waals surface area contributed by atoms with Crippen molar-refractivity contribution in [3.8, 4) is 0 Å². The number of anilines is 1. The maximum atomic E-state index is 5.57. The number of nitrogens with zero attached hydrogens (tertiary/aromatic N) is 1. The molecule has 0 atom stereocenters. The molecule has 3 aromatic rings. The number of fused-ring (bicyclic) bond motifs is 2. The number of thiazole rings is 1. The van der Waals surface area contributed by atoms with Gasteiger partial charge in [-0.1, -0.05) is 0 Å². The summed E-state index contributed by atoms with van der Waals surface area (Å²) in [6.07, 6.45) is 0. The molecule has 0 aliphatic carbocycles. The van der Waals surface area contributed by atoms with Gasteiger partial charge in [-0.15, -0.1) is 11.3 Å². The Morgan fingerprint density at radius 3 is 3.07 bits per heavy atom. The highest BCUT2D eigenvalue weighted by Gasteiger charge is 2.06. The van der Waals surface area contributed by atoms with E-state index in [1.165, 1.54) is 4.70 Å². The molecule has 2 aromatic heterocycles. The number of nitrogens with two attached hydrogens (primary N) is 1. The van der Waals surface area contributed by atoms with Gasteiger partial charge in [0.15, 0.2) is 8.90 Å². The van der Waals surface area contributed by atoms with Gasteiger partial charge in [0, 0.05) is 17.5 Å². The Bertz CT molecular complexity index is 525. The number of benzene rings is 1. The van der Waals surface area contributed by atoms with Crippen LogP contribution in [0, 0.1) is 3.01 Å². The fourth-order valence-electron chi connectivity index (χ4n) is 1.45. The molecule has 2 N–H and O–H groups in total. The SMILES string of the molecule is Nc1cc2cc3sc(I)nc3cc2o1. The van der Waals surface area contributed by atoms with Crippen LogP contribution in [0.4, 0.5) is 5.88 Å². The normalized spacial score (nSPS) is 11.5. The summed E-state index contributed by atoms with van der Waals surface area (Å²) >= 11 is 3.89. The minimum absolute atomic E-state index is 0.451. The molecule has 0 saturated heterocycles. The van der Waals surface area contributed by atoms with E-state index in [-0.39, 0.29) is 0 Å². The number of rotatable bonds is 0. The third kappa shape index (κ3) is 1.19. The average Bonchev–Trinajstić information content (AvgIpc) is 2.59. The van der Waals surface area contributed by atoms with Gasteiger partial charge in [0.25, 0.3) is 0 Å². The Morgan fingerprint density at radius 1 is 1.36 bits per heavy atom. The number of hydrogen-bond donors (Lipinski definition) is 1. The molecular weight excluding hydrogens is 311 g/mol. The molecule has 0 aliphatic rings. The van der Waals surface area contributed by atoms with Crippen molar-refractivity contribution in [3.63, 3.8) is 0 Å². The highest BCUT2D eigenvalue weighted by molar-refractivity contribution is 14.1. The molecule has 14 heavy (non-hydrogen) atoms. The summed E-state index contributed by atoms with van der Waals surface area (Å²) in [6.45, 7) is 0. The number of halogens is 1. The zero-order valence-corrected chi connectivity index (χ0v) is 9.93. The van der Waals surface area contributed by atoms with E-state index in [1.54, 1.807) is 11.3 Å². The molecule has 0 spiro atoms. The molecule has 3 rings (SSSR count). The molecule has 0 amide bonds. The van der Waals surface area contributed by atoms with Crippen LogP contribution in [0.2, 0.25) is 0 Å². The van der Waals surface area contributed by atoms with E-state index in [0.29, 0.717) is 5.88 Å². The Balaban J connectivity index is 2.49. The molecule has 0 aliphatic heterocycles. The van der Waals surface area contributed by atoms with Crippen LogP contribution in [0.15, 0.2) is 22.6 Å². The van der Waals surface area contributed by atoms with Gasteiger partial charge in [0.1, 0.15) is 5.58 Å². The maximum Gasteiger partial charge on any atom is 0.191 e. The standard InChI is InChI=1S/C9H5IN2OS/c10-9-12-5-3-6-4(1-7(5)14-9)2-8(11)13-6/h1-3H,11H2. The Morgan fingerprint density at radius 2 is 2.21 bits per heavy atom. The summed E-state index contributed by atoms with van der Waals surface area (Å²) in [7, 11) is 0. The highest BCUT2D eigenvalue weighted by atomic mass is 127. The van der Waals surface area contributed by atoms with Crippen LogP contribution in [-0.2, 0) is 0 Å². The van der Waals surface area contributed by atoms with Crippen LogP contribution in [-0.4, -0.2) is 4.98 Å². The van der Waals surface area contributed by atoms with Crippen LogP contribution < -0.4 is 5.73 Å². The van der Waals surface area contributed by atoms with Gasteiger partial charge in [0.05, 0.1) is 10.2 Å². The third-order valence-electron chi connectivity index (χ3n) is 2.02. The molecule has 3 nitrogen and oxygen atoms in total. The van der Waals surface area contributed by atoms with E-state index in [0.717, 1.165) is 19.5 Å². The molecule has 2 heterocycles. The van der Waals surface area contributed by atoms with Crippen LogP contribution >= 0.6 is 33.9 Å². The first-order valence-corrected chi connectivity index (χ1v) is 5.87. The molecule has 0 bridgehead atoms. The summed E-state index contributed by atoms with van der Waals surface area (Å²) in [5.41, 5.74) is 7.34. The van der Waals surface area contributed by atoms with Crippen molar-refractivity contribution in [1.82, 2.24) is 4.98 Å². The largest absolute Gasteiger partial charge is 0.441 e. The Labute approximate surface area is 97.1 Å². The molecule has 0 radical (unpaired) electrons. The van der Waals surface area contributed by atoms with Crippen LogP contribution in [0.3, 0.4) is 0 Å². The summed E-state index contributed by atoms with van der Waals surface area (Å²) in [5, 5.41) is 1.04. The number of hydrogen-bond acceptors (Lipinski definition) is 4. The summed E-state index contributed by atoms with van der Waals surface area (Å²) in [5.74, 6) is 0.451. The molecule has 70 valence electrons. The molecule has 5 heteroatoms. The smallest absolute Gasteiger partial charge is 0.191 e. The van der Waals surface area contributed by atoms with Gasteiger partial charge >= 0.3 is 0 Å². The lowest BCUT2D eigenvalue weighted by molar-refractivity contribution is 0.638. The van der Waals surface area contributed by atoms with Gasteiger partial charge < -0.3 is 10.2 Å². The number of aromatic nitrogens is 1. The summed E-state index contributed by atoms with van der Waals surface area (Å²) in [4.78, 5) is 4.38. The van der Waals surface area contributed by atoms with Crippen molar-refractivity contribution in [1.29, 1.82) is 0 Å². The maximum absolute atomic E-state index is 5.57. The van der Waals surface area contributed by atoms with Gasteiger partial charge in [-0.2, -0.15) is 0 Å². The Hall–Kier alpha value is -0.820. The van der Waals surface area contributed by atoms with Gasteiger partial charge in [-0.05, 0) is 28.7 Å². The number of nitrogen functional groups attached to an aromatic ring is 1. The second-order valence-electron chi connectivity index (χ2n) is 2.97. The molecule has 0 saturated carbocycles. The second kappa shape index (κ2) is 2.83. The first-order chi connectivity index (χ1) is 6.72. The third-order valence-corrected chi connectivity index (χ3v) is 3.73. The monoisotopic (exact) mass is 316 g/mol. The molecule has 0 fully saturated rings. The second-order valence-corrected chi connectivity index (χ2v) is 5.76. The van der Waals surface area contributed by atoms with E-state index >= 15 is 0 Å². The highest BCUT2D eigenvalue weighted by Crippen LogP contribution is 2.30. The van der Waals surface area contributed by atoms with Gasteiger partial charge in [0.2, 0.25) is 0 Å². The van der Waals surface area contributed by atoms with E-state index in [4.69, 9.17) is 10.2 Å². The van der Waals surface area contributed by atoms with Crippen LogP contribution in [0.5, 0.6) is 0 Å². The van der Waals surface area contributed by atoms with Crippen LogP contribution in [0.1, 0.15) is 0 Å². The van der Waals surface area contributed by atoms with Crippen molar-refractivity contribution in [2.45, 2.75) is 0 Å². The molecule has 1 aromatic carbocycles. The topological polar surface area (TPSA) is 52.0 Å². The predicted molar refractivity (Wildman–Crippen MR) is 66.5 cm³/mol. The zero-order valence-electron chi connectivity index (χ0n) is 6.95. The zero-order chi connectivity index (χ0) is 9.71. The fraction of sp³-hybridized carbons (Fsp3) is 0. The van der Waals surface area contributed by atoms with Gasteiger partial charge in [-0.25, -0.2) is 4.98 Å². The van der Waals surface area contributed by atoms with E-state index < -0.39 is 0 Å². The minimum atomic E-state index is 0.451. The van der Waals surface area contributed by atoms with Crippen molar-refractivity contribution in [2.24, 2.45) is 0 Å².